The molecule has 21 heavy (non-hydrogen) atoms. The highest BCUT2D eigenvalue weighted by atomic mass is 16.5. The Hall–Kier alpha value is -3.06. The maximum atomic E-state index is 12.0. The fourth-order valence-electron chi connectivity index (χ4n) is 2.12. The lowest BCUT2D eigenvalue weighted by Gasteiger charge is -2.06. The minimum Gasteiger partial charge on any atom is -0.479 e. The van der Waals surface area contributed by atoms with Crippen LogP contribution in [0.15, 0.2) is 53.5 Å². The molecule has 0 saturated heterocycles. The highest BCUT2D eigenvalue weighted by Crippen LogP contribution is 2.30. The van der Waals surface area contributed by atoms with Gasteiger partial charge in [-0.3, -0.25) is 4.79 Å². The summed E-state index contributed by atoms with van der Waals surface area (Å²) < 4.78 is 5.44. The van der Waals surface area contributed by atoms with E-state index in [2.05, 4.69) is 16.2 Å². The zero-order valence-corrected chi connectivity index (χ0v) is 11.2. The number of rotatable bonds is 3. The molecule has 1 amide bonds. The number of carbonyl (C=O) groups is 1. The summed E-state index contributed by atoms with van der Waals surface area (Å²) in [6, 6.07) is 14.7. The van der Waals surface area contributed by atoms with Gasteiger partial charge < -0.3 is 10.1 Å². The third-order valence-electron chi connectivity index (χ3n) is 3.05. The Labute approximate surface area is 122 Å². The average molecular weight is 276 g/mol. The standard InChI is InChI=1S/C17H12N2O2/c1-2-11-21-15-10-6-5-9-14(15)18-16-12-7-3-4-8-13(12)19-17(16)20/h1,3-10H,11H2,(H,18,19,20). The minimum atomic E-state index is -0.219. The van der Waals surface area contributed by atoms with Crippen LogP contribution in [-0.2, 0) is 4.79 Å². The molecule has 4 heteroatoms. The molecule has 0 aromatic heterocycles. The second kappa shape index (κ2) is 5.51. The van der Waals surface area contributed by atoms with Crippen molar-refractivity contribution in [2.24, 2.45) is 4.99 Å². The molecule has 0 aliphatic carbocycles. The molecule has 1 aliphatic heterocycles. The molecular formula is C17H12N2O2. The molecule has 2 aromatic rings. The number of hydrogen-bond donors (Lipinski definition) is 1. The SMILES string of the molecule is C#CCOc1ccccc1N=C1C(=O)Nc2ccccc21. The van der Waals surface area contributed by atoms with E-state index in [0.717, 1.165) is 11.3 Å². The molecule has 0 atom stereocenters. The van der Waals surface area contributed by atoms with Gasteiger partial charge in [-0.25, -0.2) is 4.99 Å². The summed E-state index contributed by atoms with van der Waals surface area (Å²) in [5.41, 5.74) is 2.51. The first-order valence-corrected chi connectivity index (χ1v) is 6.44. The highest BCUT2D eigenvalue weighted by Gasteiger charge is 2.25. The van der Waals surface area contributed by atoms with E-state index < -0.39 is 0 Å². The van der Waals surface area contributed by atoms with Gasteiger partial charge in [0.2, 0.25) is 0 Å². The van der Waals surface area contributed by atoms with E-state index in [1.165, 1.54) is 0 Å². The predicted molar refractivity (Wildman–Crippen MR) is 82.0 cm³/mol. The van der Waals surface area contributed by atoms with Crippen LogP contribution >= 0.6 is 0 Å². The quantitative estimate of drug-likeness (QED) is 0.876. The van der Waals surface area contributed by atoms with E-state index in [1.807, 2.05) is 36.4 Å². The Balaban J connectivity index is 2.03. The molecule has 0 bridgehead atoms. The van der Waals surface area contributed by atoms with Crippen LogP contribution in [0.1, 0.15) is 5.56 Å². The number of ether oxygens (including phenoxy) is 1. The number of para-hydroxylation sites is 3. The van der Waals surface area contributed by atoms with Gasteiger partial charge in [0.1, 0.15) is 23.8 Å². The van der Waals surface area contributed by atoms with E-state index in [0.29, 0.717) is 17.1 Å². The van der Waals surface area contributed by atoms with Gasteiger partial charge in [-0.15, -0.1) is 6.42 Å². The molecule has 0 fully saturated rings. The number of benzene rings is 2. The summed E-state index contributed by atoms with van der Waals surface area (Å²) in [4.78, 5) is 16.5. The van der Waals surface area contributed by atoms with Crippen molar-refractivity contribution in [2.45, 2.75) is 0 Å². The summed E-state index contributed by atoms with van der Waals surface area (Å²) in [6.45, 7) is 0.157. The van der Waals surface area contributed by atoms with Gasteiger partial charge in [-0.05, 0) is 18.2 Å². The summed E-state index contributed by atoms with van der Waals surface area (Å²) in [5, 5.41) is 2.79. The Kier molecular flexibility index (Phi) is 3.40. The fourth-order valence-corrected chi connectivity index (χ4v) is 2.12. The lowest BCUT2D eigenvalue weighted by molar-refractivity contribution is -0.110. The van der Waals surface area contributed by atoms with Gasteiger partial charge >= 0.3 is 0 Å². The van der Waals surface area contributed by atoms with Crippen LogP contribution < -0.4 is 10.1 Å². The van der Waals surface area contributed by atoms with Gasteiger partial charge in [-0.2, -0.15) is 0 Å². The molecule has 3 rings (SSSR count). The molecule has 4 nitrogen and oxygen atoms in total. The first kappa shape index (κ1) is 12.9. The molecule has 1 heterocycles. The number of nitrogens with zero attached hydrogens (tertiary/aromatic N) is 1. The maximum absolute atomic E-state index is 12.0. The van der Waals surface area contributed by atoms with Gasteiger partial charge in [0.15, 0.2) is 0 Å². The zero-order valence-electron chi connectivity index (χ0n) is 11.2. The summed E-state index contributed by atoms with van der Waals surface area (Å²) in [5.74, 6) is 2.75. The third-order valence-corrected chi connectivity index (χ3v) is 3.05. The van der Waals surface area contributed by atoms with Crippen molar-refractivity contribution in [3.05, 3.63) is 54.1 Å². The first-order chi connectivity index (χ1) is 10.3. The van der Waals surface area contributed by atoms with Gasteiger partial charge in [0.05, 0.1) is 5.69 Å². The molecule has 0 saturated carbocycles. The minimum absolute atomic E-state index is 0.157. The van der Waals surface area contributed by atoms with Crippen LogP contribution in [0.3, 0.4) is 0 Å². The van der Waals surface area contributed by atoms with E-state index in [1.54, 1.807) is 12.1 Å². The average Bonchev–Trinajstić information content (AvgIpc) is 2.82. The molecule has 0 spiro atoms. The van der Waals surface area contributed by atoms with Crippen molar-refractivity contribution in [1.29, 1.82) is 0 Å². The molecule has 102 valence electrons. The molecule has 1 aliphatic rings. The fraction of sp³-hybridized carbons (Fsp3) is 0.0588. The number of fused-ring (bicyclic) bond motifs is 1. The lowest BCUT2D eigenvalue weighted by atomic mass is 10.1. The summed E-state index contributed by atoms with van der Waals surface area (Å²) in [7, 11) is 0. The predicted octanol–water partition coefficient (Wildman–Crippen LogP) is 2.77. The van der Waals surface area contributed by atoms with Crippen molar-refractivity contribution < 1.29 is 9.53 Å². The number of terminal acetylenes is 1. The van der Waals surface area contributed by atoms with Crippen LogP contribution in [-0.4, -0.2) is 18.2 Å². The Morgan fingerprint density at radius 3 is 2.76 bits per heavy atom. The van der Waals surface area contributed by atoms with Crippen LogP contribution in [0.5, 0.6) is 5.75 Å². The van der Waals surface area contributed by atoms with Gasteiger partial charge in [0, 0.05) is 5.56 Å². The number of amides is 1. The summed E-state index contributed by atoms with van der Waals surface area (Å²) >= 11 is 0. The van der Waals surface area contributed by atoms with Crippen LogP contribution in [0.25, 0.3) is 0 Å². The Morgan fingerprint density at radius 1 is 1.14 bits per heavy atom. The van der Waals surface area contributed by atoms with Gasteiger partial charge in [0.25, 0.3) is 5.91 Å². The van der Waals surface area contributed by atoms with Crippen LogP contribution in [0.2, 0.25) is 0 Å². The number of hydrogen-bond acceptors (Lipinski definition) is 3. The van der Waals surface area contributed by atoms with Gasteiger partial charge in [-0.1, -0.05) is 36.3 Å². The van der Waals surface area contributed by atoms with Crippen molar-refractivity contribution in [1.82, 2.24) is 0 Å². The molecular weight excluding hydrogens is 264 g/mol. The van der Waals surface area contributed by atoms with Crippen molar-refractivity contribution >= 4 is 23.0 Å². The normalized spacial score (nSPS) is 14.4. The molecule has 2 aromatic carbocycles. The Morgan fingerprint density at radius 2 is 1.90 bits per heavy atom. The van der Waals surface area contributed by atoms with E-state index in [4.69, 9.17) is 11.2 Å². The van der Waals surface area contributed by atoms with Crippen LogP contribution in [0.4, 0.5) is 11.4 Å². The summed E-state index contributed by atoms with van der Waals surface area (Å²) in [6.07, 6.45) is 5.20. The van der Waals surface area contributed by atoms with E-state index in [-0.39, 0.29) is 12.5 Å². The van der Waals surface area contributed by atoms with E-state index in [9.17, 15) is 4.79 Å². The van der Waals surface area contributed by atoms with Crippen molar-refractivity contribution in [3.63, 3.8) is 0 Å². The largest absolute Gasteiger partial charge is 0.479 e. The molecule has 0 radical (unpaired) electrons. The van der Waals surface area contributed by atoms with E-state index >= 15 is 0 Å². The highest BCUT2D eigenvalue weighted by molar-refractivity contribution is 6.54. The monoisotopic (exact) mass is 276 g/mol. The van der Waals surface area contributed by atoms with Crippen molar-refractivity contribution in [2.75, 3.05) is 11.9 Å². The second-order valence-corrected chi connectivity index (χ2v) is 4.42. The number of carbonyl (C=O) groups excluding carboxylic acids is 1. The zero-order chi connectivity index (χ0) is 14.7. The number of nitrogens with one attached hydrogen (secondary N) is 1. The van der Waals surface area contributed by atoms with Crippen LogP contribution in [0, 0.1) is 12.3 Å². The third kappa shape index (κ3) is 2.49. The molecule has 0 unspecified atom stereocenters. The lowest BCUT2D eigenvalue weighted by Crippen LogP contribution is -2.14. The molecule has 1 N–H and O–H groups in total. The smallest absolute Gasteiger partial charge is 0.275 e. The Bertz CT molecular complexity index is 772. The first-order valence-electron chi connectivity index (χ1n) is 6.44. The van der Waals surface area contributed by atoms with Crippen molar-refractivity contribution in [3.8, 4) is 18.1 Å². The maximum Gasteiger partial charge on any atom is 0.275 e. The number of aliphatic imine (C=N–C) groups is 1. The second-order valence-electron chi connectivity index (χ2n) is 4.42. The topological polar surface area (TPSA) is 50.7 Å². The number of anilines is 1.